The summed E-state index contributed by atoms with van der Waals surface area (Å²) in [5, 5.41) is 3.10. The average molecular weight is 303 g/mol. The van der Waals surface area contributed by atoms with Crippen molar-refractivity contribution in [2.45, 2.75) is 52.3 Å². The Balaban J connectivity index is 2.77. The number of benzene rings is 1. The molecule has 1 aromatic carbocycles. The van der Waals surface area contributed by atoms with E-state index in [1.807, 2.05) is 13.8 Å². The van der Waals surface area contributed by atoms with Gasteiger partial charge in [-0.05, 0) is 37.1 Å². The number of rotatable bonds is 9. The molecule has 0 saturated carbocycles. The first-order chi connectivity index (χ1) is 9.99. The molecule has 2 nitrogen and oxygen atoms in total. The van der Waals surface area contributed by atoms with Crippen LogP contribution in [0.5, 0.6) is 5.75 Å². The largest absolute Gasteiger partial charge is 0.493 e. The van der Waals surface area contributed by atoms with Crippen molar-refractivity contribution >= 4 is 0 Å². The van der Waals surface area contributed by atoms with Gasteiger partial charge in [0.05, 0.1) is 12.2 Å². The van der Waals surface area contributed by atoms with E-state index in [-0.39, 0.29) is 5.75 Å². The van der Waals surface area contributed by atoms with Crippen molar-refractivity contribution in [3.8, 4) is 5.75 Å². The van der Waals surface area contributed by atoms with E-state index in [9.17, 15) is 13.2 Å². The van der Waals surface area contributed by atoms with Crippen LogP contribution in [0.2, 0.25) is 0 Å². The molecule has 0 aliphatic carbocycles. The summed E-state index contributed by atoms with van der Waals surface area (Å²) in [4.78, 5) is 0. The lowest BCUT2D eigenvalue weighted by molar-refractivity contribution is -0.139. The molecule has 0 spiro atoms. The number of alkyl halides is 3. The molecular weight excluding hydrogens is 279 g/mol. The first-order valence-electron chi connectivity index (χ1n) is 7.52. The van der Waals surface area contributed by atoms with Crippen molar-refractivity contribution in [2.75, 3.05) is 13.2 Å². The van der Waals surface area contributed by atoms with Gasteiger partial charge in [-0.3, -0.25) is 0 Å². The zero-order valence-electron chi connectivity index (χ0n) is 12.7. The highest BCUT2D eigenvalue weighted by atomic mass is 19.4. The van der Waals surface area contributed by atoms with E-state index in [1.54, 1.807) is 6.07 Å². The van der Waals surface area contributed by atoms with Gasteiger partial charge < -0.3 is 10.1 Å². The fourth-order valence-electron chi connectivity index (χ4n) is 1.98. The van der Waals surface area contributed by atoms with Gasteiger partial charge in [-0.1, -0.05) is 32.8 Å². The summed E-state index contributed by atoms with van der Waals surface area (Å²) in [6.45, 7) is 5.61. The first kappa shape index (κ1) is 17.8. The van der Waals surface area contributed by atoms with Gasteiger partial charge in [0, 0.05) is 6.54 Å². The molecule has 0 aromatic heterocycles. The molecule has 0 amide bonds. The van der Waals surface area contributed by atoms with Crippen LogP contribution in [0, 0.1) is 0 Å². The minimum atomic E-state index is -4.39. The van der Waals surface area contributed by atoms with Gasteiger partial charge in [-0.2, -0.15) is 13.2 Å². The van der Waals surface area contributed by atoms with Gasteiger partial charge in [0.2, 0.25) is 0 Å². The second kappa shape index (κ2) is 8.93. The molecular formula is C16H24F3NO. The SMILES string of the molecule is CCCCCOc1ccc(CNCCC)cc1C(F)(F)F. The summed E-state index contributed by atoms with van der Waals surface area (Å²) in [7, 11) is 0. The second-order valence-corrected chi connectivity index (χ2v) is 5.06. The van der Waals surface area contributed by atoms with Crippen LogP contribution in [-0.2, 0) is 12.7 Å². The molecule has 1 aromatic rings. The van der Waals surface area contributed by atoms with Gasteiger partial charge in [-0.15, -0.1) is 0 Å². The predicted octanol–water partition coefficient (Wildman–Crippen LogP) is 4.77. The lowest BCUT2D eigenvalue weighted by Gasteiger charge is -2.15. The highest BCUT2D eigenvalue weighted by molar-refractivity contribution is 5.39. The van der Waals surface area contributed by atoms with E-state index in [1.165, 1.54) is 12.1 Å². The molecule has 0 radical (unpaired) electrons. The molecule has 1 N–H and O–H groups in total. The lowest BCUT2D eigenvalue weighted by atomic mass is 10.1. The van der Waals surface area contributed by atoms with E-state index in [4.69, 9.17) is 4.74 Å². The van der Waals surface area contributed by atoms with E-state index >= 15 is 0 Å². The van der Waals surface area contributed by atoms with Gasteiger partial charge in [0.1, 0.15) is 5.75 Å². The highest BCUT2D eigenvalue weighted by Gasteiger charge is 2.34. The van der Waals surface area contributed by atoms with Crippen LogP contribution in [0.3, 0.4) is 0 Å². The van der Waals surface area contributed by atoms with Crippen LogP contribution >= 0.6 is 0 Å². The van der Waals surface area contributed by atoms with Crippen LogP contribution in [0.4, 0.5) is 13.2 Å². The van der Waals surface area contributed by atoms with Gasteiger partial charge in [0.25, 0.3) is 0 Å². The molecule has 0 saturated heterocycles. The van der Waals surface area contributed by atoms with Crippen LogP contribution in [0.1, 0.15) is 50.7 Å². The smallest absolute Gasteiger partial charge is 0.419 e. The third-order valence-electron chi connectivity index (χ3n) is 3.11. The maximum Gasteiger partial charge on any atom is 0.419 e. The minimum absolute atomic E-state index is 0.0714. The van der Waals surface area contributed by atoms with Gasteiger partial charge >= 0.3 is 6.18 Å². The van der Waals surface area contributed by atoms with Gasteiger partial charge in [-0.25, -0.2) is 0 Å². The molecule has 1 rings (SSSR count). The summed E-state index contributed by atoms with van der Waals surface area (Å²) >= 11 is 0. The van der Waals surface area contributed by atoms with Crippen molar-refractivity contribution in [3.63, 3.8) is 0 Å². The summed E-state index contributed by atoms with van der Waals surface area (Å²) in [5.41, 5.74) is -0.0634. The molecule has 0 aliphatic rings. The number of hydrogen-bond acceptors (Lipinski definition) is 2. The Morgan fingerprint density at radius 1 is 1.10 bits per heavy atom. The average Bonchev–Trinajstić information content (AvgIpc) is 2.44. The van der Waals surface area contributed by atoms with Crippen LogP contribution in [0.25, 0.3) is 0 Å². The van der Waals surface area contributed by atoms with E-state index in [2.05, 4.69) is 5.32 Å². The molecule has 120 valence electrons. The quantitative estimate of drug-likeness (QED) is 0.663. The molecule has 0 aliphatic heterocycles. The predicted molar refractivity (Wildman–Crippen MR) is 78.5 cm³/mol. The zero-order valence-corrected chi connectivity index (χ0v) is 12.7. The summed E-state index contributed by atoms with van der Waals surface area (Å²) in [5.74, 6) is -0.0714. The summed E-state index contributed by atoms with van der Waals surface area (Å²) in [6, 6.07) is 4.29. The highest BCUT2D eigenvalue weighted by Crippen LogP contribution is 2.37. The van der Waals surface area contributed by atoms with Crippen molar-refractivity contribution in [1.82, 2.24) is 5.32 Å². The maximum absolute atomic E-state index is 13.1. The van der Waals surface area contributed by atoms with Gasteiger partial charge in [0.15, 0.2) is 0 Å². The summed E-state index contributed by atoms with van der Waals surface area (Å²) in [6.07, 6.45) is -0.697. The molecule has 5 heteroatoms. The summed E-state index contributed by atoms with van der Waals surface area (Å²) < 4.78 is 44.6. The maximum atomic E-state index is 13.1. The molecule has 0 fully saturated rings. The fourth-order valence-corrected chi connectivity index (χ4v) is 1.98. The number of nitrogens with one attached hydrogen (secondary N) is 1. The topological polar surface area (TPSA) is 21.3 Å². The number of ether oxygens (including phenoxy) is 1. The van der Waals surface area contributed by atoms with Crippen molar-refractivity contribution in [3.05, 3.63) is 29.3 Å². The van der Waals surface area contributed by atoms with Crippen LogP contribution < -0.4 is 10.1 Å². The second-order valence-electron chi connectivity index (χ2n) is 5.06. The molecule has 0 bridgehead atoms. The third kappa shape index (κ3) is 6.38. The molecule has 0 unspecified atom stereocenters. The van der Waals surface area contributed by atoms with Crippen molar-refractivity contribution in [1.29, 1.82) is 0 Å². The van der Waals surface area contributed by atoms with Crippen LogP contribution in [-0.4, -0.2) is 13.2 Å². The Morgan fingerprint density at radius 2 is 1.86 bits per heavy atom. The standard InChI is InChI=1S/C16H24F3NO/c1-3-5-6-10-21-15-8-7-13(12-20-9-4-2)11-14(15)16(17,18)19/h7-8,11,20H,3-6,9-10,12H2,1-2H3. The van der Waals surface area contributed by atoms with E-state index in [0.717, 1.165) is 32.2 Å². The van der Waals surface area contributed by atoms with E-state index < -0.39 is 11.7 Å². The molecule has 21 heavy (non-hydrogen) atoms. The minimum Gasteiger partial charge on any atom is -0.493 e. The third-order valence-corrected chi connectivity index (χ3v) is 3.11. The monoisotopic (exact) mass is 303 g/mol. The number of unbranched alkanes of at least 4 members (excludes halogenated alkanes) is 2. The van der Waals surface area contributed by atoms with E-state index in [0.29, 0.717) is 18.7 Å². The Kier molecular flexibility index (Phi) is 7.57. The number of halogens is 3. The normalized spacial score (nSPS) is 11.7. The zero-order chi connectivity index (χ0) is 15.7. The van der Waals surface area contributed by atoms with Crippen molar-refractivity contribution in [2.24, 2.45) is 0 Å². The Bertz CT molecular complexity index is 418. The van der Waals surface area contributed by atoms with Crippen LogP contribution in [0.15, 0.2) is 18.2 Å². The fraction of sp³-hybridized carbons (Fsp3) is 0.625. The lowest BCUT2D eigenvalue weighted by Crippen LogP contribution is -2.15. The van der Waals surface area contributed by atoms with Crippen molar-refractivity contribution < 1.29 is 17.9 Å². The first-order valence-corrected chi connectivity index (χ1v) is 7.52. The molecule has 0 atom stereocenters. The Hall–Kier alpha value is -1.23. The molecule has 0 heterocycles. The Morgan fingerprint density at radius 3 is 2.48 bits per heavy atom. The Labute approximate surface area is 124 Å². The number of hydrogen-bond donors (Lipinski definition) is 1.